The zero-order valence-corrected chi connectivity index (χ0v) is 7.87. The third-order valence-electron chi connectivity index (χ3n) is 2.27. The minimum Gasteiger partial charge on any atom is -0.350 e. The minimum absolute atomic E-state index is 0.342. The Morgan fingerprint density at radius 1 is 1.09 bits per heavy atom. The van der Waals surface area contributed by atoms with Gasteiger partial charge in [-0.2, -0.15) is 11.8 Å². The maximum atomic E-state index is 5.59. The molecule has 2 aliphatic rings. The van der Waals surface area contributed by atoms with Crippen LogP contribution >= 0.6 is 11.8 Å². The lowest BCUT2D eigenvalue weighted by atomic mass is 9.93. The highest BCUT2D eigenvalue weighted by molar-refractivity contribution is 8.00. The molecule has 1 spiro atoms. The van der Waals surface area contributed by atoms with Crippen LogP contribution in [0.1, 0.15) is 13.8 Å². The van der Waals surface area contributed by atoms with E-state index in [0.29, 0.717) is 5.41 Å². The molecule has 2 fully saturated rings. The van der Waals surface area contributed by atoms with Crippen molar-refractivity contribution >= 4 is 11.8 Å². The molecule has 64 valence electrons. The summed E-state index contributed by atoms with van der Waals surface area (Å²) in [5.41, 5.74) is 0.375. The van der Waals surface area contributed by atoms with Crippen LogP contribution in [0, 0.1) is 5.41 Å². The Kier molecular flexibility index (Phi) is 1.71. The predicted molar refractivity (Wildman–Crippen MR) is 45.7 cm³/mol. The second kappa shape index (κ2) is 2.38. The van der Waals surface area contributed by atoms with Gasteiger partial charge in [-0.3, -0.25) is 0 Å². The highest BCUT2D eigenvalue weighted by Gasteiger charge is 2.44. The summed E-state index contributed by atoms with van der Waals surface area (Å²) in [5.74, 6) is 2.08. The number of hydrogen-bond donors (Lipinski definition) is 0. The van der Waals surface area contributed by atoms with Gasteiger partial charge in [0.1, 0.15) is 0 Å². The van der Waals surface area contributed by atoms with Crippen molar-refractivity contribution in [2.45, 2.75) is 19.6 Å². The van der Waals surface area contributed by atoms with Gasteiger partial charge in [0.15, 0.2) is 5.79 Å². The van der Waals surface area contributed by atoms with Gasteiger partial charge >= 0.3 is 0 Å². The molecule has 3 heteroatoms. The summed E-state index contributed by atoms with van der Waals surface area (Å²) in [4.78, 5) is 0. The first-order valence-corrected chi connectivity index (χ1v) is 5.13. The van der Waals surface area contributed by atoms with Crippen molar-refractivity contribution in [3.63, 3.8) is 0 Å². The normalized spacial score (nSPS) is 33.3. The third kappa shape index (κ3) is 1.42. The fourth-order valence-electron chi connectivity index (χ4n) is 1.29. The summed E-state index contributed by atoms with van der Waals surface area (Å²) in [6.07, 6.45) is 0. The molecule has 0 aromatic carbocycles. The van der Waals surface area contributed by atoms with E-state index in [4.69, 9.17) is 9.47 Å². The maximum Gasteiger partial charge on any atom is 0.162 e. The standard InChI is InChI=1S/C8H14O2S/c1-7(2)9-3-8(4-10-7)5-11-6-8/h3-6H2,1-2H3. The maximum absolute atomic E-state index is 5.59. The van der Waals surface area contributed by atoms with Gasteiger partial charge in [-0.05, 0) is 13.8 Å². The van der Waals surface area contributed by atoms with Gasteiger partial charge in [-0.15, -0.1) is 0 Å². The van der Waals surface area contributed by atoms with Crippen LogP contribution in [-0.2, 0) is 9.47 Å². The molecule has 2 saturated heterocycles. The molecule has 0 N–H and O–H groups in total. The van der Waals surface area contributed by atoms with Gasteiger partial charge in [0.05, 0.1) is 13.2 Å². The smallest absolute Gasteiger partial charge is 0.162 e. The highest BCUT2D eigenvalue weighted by Crippen LogP contribution is 2.42. The molecular weight excluding hydrogens is 160 g/mol. The van der Waals surface area contributed by atoms with Gasteiger partial charge in [0, 0.05) is 16.9 Å². The predicted octanol–water partition coefficient (Wildman–Crippen LogP) is 1.50. The molecule has 2 aliphatic heterocycles. The van der Waals surface area contributed by atoms with E-state index in [-0.39, 0.29) is 5.79 Å². The Morgan fingerprint density at radius 2 is 1.64 bits per heavy atom. The Hall–Kier alpha value is 0.270. The molecule has 0 unspecified atom stereocenters. The molecule has 0 radical (unpaired) electrons. The van der Waals surface area contributed by atoms with Crippen molar-refractivity contribution < 1.29 is 9.47 Å². The topological polar surface area (TPSA) is 18.5 Å². The Labute approximate surface area is 71.6 Å². The molecule has 0 atom stereocenters. The fraction of sp³-hybridized carbons (Fsp3) is 1.00. The Bertz CT molecular complexity index is 151. The van der Waals surface area contributed by atoms with Crippen LogP contribution in [0.3, 0.4) is 0 Å². The van der Waals surface area contributed by atoms with E-state index in [0.717, 1.165) is 13.2 Å². The van der Waals surface area contributed by atoms with Crippen LogP contribution in [0.15, 0.2) is 0 Å². The van der Waals surface area contributed by atoms with Crippen LogP contribution in [0.2, 0.25) is 0 Å². The lowest BCUT2D eigenvalue weighted by molar-refractivity contribution is -0.279. The van der Waals surface area contributed by atoms with Gasteiger partial charge in [0.25, 0.3) is 0 Å². The number of ether oxygens (including phenoxy) is 2. The first-order chi connectivity index (χ1) is 5.12. The van der Waals surface area contributed by atoms with E-state index < -0.39 is 0 Å². The van der Waals surface area contributed by atoms with E-state index in [2.05, 4.69) is 0 Å². The molecule has 11 heavy (non-hydrogen) atoms. The van der Waals surface area contributed by atoms with Crippen LogP contribution < -0.4 is 0 Å². The minimum atomic E-state index is -0.342. The summed E-state index contributed by atoms with van der Waals surface area (Å²) in [5, 5.41) is 0. The van der Waals surface area contributed by atoms with E-state index in [1.807, 2.05) is 25.6 Å². The quantitative estimate of drug-likeness (QED) is 0.554. The van der Waals surface area contributed by atoms with Gasteiger partial charge in [-0.1, -0.05) is 0 Å². The molecule has 0 aromatic rings. The molecule has 0 amide bonds. The second-order valence-electron chi connectivity index (χ2n) is 3.97. The molecule has 0 bridgehead atoms. The summed E-state index contributed by atoms with van der Waals surface area (Å²) in [6, 6.07) is 0. The summed E-state index contributed by atoms with van der Waals surface area (Å²) >= 11 is 1.98. The molecule has 2 nitrogen and oxygen atoms in total. The first-order valence-electron chi connectivity index (χ1n) is 3.98. The molecule has 2 heterocycles. The monoisotopic (exact) mass is 174 g/mol. The van der Waals surface area contributed by atoms with Crippen molar-refractivity contribution in [2.75, 3.05) is 24.7 Å². The molecule has 2 rings (SSSR count). The van der Waals surface area contributed by atoms with Gasteiger partial charge in [0.2, 0.25) is 0 Å². The van der Waals surface area contributed by atoms with E-state index in [1.165, 1.54) is 11.5 Å². The van der Waals surface area contributed by atoms with E-state index in [1.54, 1.807) is 0 Å². The van der Waals surface area contributed by atoms with Crippen LogP contribution in [0.25, 0.3) is 0 Å². The third-order valence-corrected chi connectivity index (χ3v) is 3.90. The molecular formula is C8H14O2S. The second-order valence-corrected chi connectivity index (χ2v) is 4.96. The Balaban J connectivity index is 1.94. The average Bonchev–Trinajstić information content (AvgIpc) is 1.84. The van der Waals surface area contributed by atoms with Gasteiger partial charge < -0.3 is 9.47 Å². The Morgan fingerprint density at radius 3 is 2.00 bits per heavy atom. The van der Waals surface area contributed by atoms with E-state index >= 15 is 0 Å². The SMILES string of the molecule is CC1(C)OCC2(CO1)CSC2. The number of thioether (sulfide) groups is 1. The zero-order chi connectivity index (χ0) is 7.95. The average molecular weight is 174 g/mol. The van der Waals surface area contributed by atoms with Crippen LogP contribution in [0.4, 0.5) is 0 Å². The highest BCUT2D eigenvalue weighted by atomic mass is 32.2. The molecule has 0 aliphatic carbocycles. The van der Waals surface area contributed by atoms with Crippen LogP contribution in [-0.4, -0.2) is 30.5 Å². The van der Waals surface area contributed by atoms with Crippen molar-refractivity contribution in [1.82, 2.24) is 0 Å². The zero-order valence-electron chi connectivity index (χ0n) is 7.05. The largest absolute Gasteiger partial charge is 0.350 e. The van der Waals surface area contributed by atoms with Crippen molar-refractivity contribution in [1.29, 1.82) is 0 Å². The lowest BCUT2D eigenvalue weighted by Gasteiger charge is -2.48. The number of hydrogen-bond acceptors (Lipinski definition) is 3. The number of rotatable bonds is 0. The van der Waals surface area contributed by atoms with Crippen molar-refractivity contribution in [3.05, 3.63) is 0 Å². The van der Waals surface area contributed by atoms with Crippen molar-refractivity contribution in [2.24, 2.45) is 5.41 Å². The summed E-state index contributed by atoms with van der Waals surface area (Å²) in [6.45, 7) is 5.72. The molecule has 0 aromatic heterocycles. The van der Waals surface area contributed by atoms with E-state index in [9.17, 15) is 0 Å². The fourth-order valence-corrected chi connectivity index (χ4v) is 2.41. The first kappa shape index (κ1) is 7.90. The lowest BCUT2D eigenvalue weighted by Crippen LogP contribution is -2.53. The summed E-state index contributed by atoms with van der Waals surface area (Å²) < 4.78 is 11.2. The summed E-state index contributed by atoms with van der Waals surface area (Å²) in [7, 11) is 0. The van der Waals surface area contributed by atoms with Crippen LogP contribution in [0.5, 0.6) is 0 Å². The van der Waals surface area contributed by atoms with Crippen molar-refractivity contribution in [3.8, 4) is 0 Å². The van der Waals surface area contributed by atoms with Gasteiger partial charge in [-0.25, -0.2) is 0 Å². The molecule has 0 saturated carbocycles.